The van der Waals surface area contributed by atoms with Gasteiger partial charge in [0, 0.05) is 24.0 Å². The lowest BCUT2D eigenvalue weighted by Gasteiger charge is -2.25. The Labute approximate surface area is 112 Å². The van der Waals surface area contributed by atoms with Crippen LogP contribution in [0.3, 0.4) is 0 Å². The number of hydrogen-bond donors (Lipinski definition) is 1. The van der Waals surface area contributed by atoms with Crippen LogP contribution in [0.25, 0.3) is 0 Å². The number of thiophene rings is 1. The molecule has 3 nitrogen and oxygen atoms in total. The van der Waals surface area contributed by atoms with E-state index >= 15 is 0 Å². The van der Waals surface area contributed by atoms with Crippen LogP contribution in [0, 0.1) is 0 Å². The van der Waals surface area contributed by atoms with Gasteiger partial charge in [0.25, 0.3) is 0 Å². The van der Waals surface area contributed by atoms with Gasteiger partial charge in [0.05, 0.1) is 24.2 Å². The van der Waals surface area contributed by atoms with Crippen molar-refractivity contribution in [3.63, 3.8) is 0 Å². The molecule has 0 spiro atoms. The van der Waals surface area contributed by atoms with E-state index in [1.165, 1.54) is 4.88 Å². The predicted molar refractivity (Wildman–Crippen MR) is 72.8 cm³/mol. The second-order valence-electron chi connectivity index (χ2n) is 4.11. The standard InChI is InChI=1S/C12H20ClNO2S/c1-10(2)14(5-7-16-8-6-15)9-11-3-4-12(13)17-11/h3-4,10,15H,5-9H2,1-2H3. The van der Waals surface area contributed by atoms with Crippen LogP contribution in [0.2, 0.25) is 4.34 Å². The second-order valence-corrected chi connectivity index (χ2v) is 5.91. The summed E-state index contributed by atoms with van der Waals surface area (Å²) in [5.41, 5.74) is 0. The minimum atomic E-state index is 0.0855. The third-order valence-electron chi connectivity index (χ3n) is 2.48. The van der Waals surface area contributed by atoms with Crippen molar-refractivity contribution in [1.29, 1.82) is 0 Å². The Hall–Kier alpha value is -0.130. The molecule has 98 valence electrons. The fourth-order valence-electron chi connectivity index (χ4n) is 1.51. The highest BCUT2D eigenvalue weighted by molar-refractivity contribution is 7.16. The Balaban J connectivity index is 2.38. The van der Waals surface area contributed by atoms with Crippen LogP contribution in [-0.2, 0) is 11.3 Å². The molecule has 1 aromatic rings. The van der Waals surface area contributed by atoms with Crippen LogP contribution in [0.5, 0.6) is 0 Å². The van der Waals surface area contributed by atoms with E-state index in [-0.39, 0.29) is 6.61 Å². The maximum absolute atomic E-state index is 8.63. The summed E-state index contributed by atoms with van der Waals surface area (Å²) >= 11 is 7.54. The third kappa shape index (κ3) is 5.84. The van der Waals surface area contributed by atoms with Crippen LogP contribution in [-0.4, -0.2) is 42.4 Å². The first-order valence-electron chi connectivity index (χ1n) is 5.80. The van der Waals surface area contributed by atoms with Gasteiger partial charge >= 0.3 is 0 Å². The molecule has 1 rings (SSSR count). The number of aliphatic hydroxyl groups excluding tert-OH is 1. The lowest BCUT2D eigenvalue weighted by atomic mass is 10.3. The molecule has 0 aromatic carbocycles. The van der Waals surface area contributed by atoms with E-state index in [4.69, 9.17) is 21.4 Å². The molecular weight excluding hydrogens is 258 g/mol. The van der Waals surface area contributed by atoms with Gasteiger partial charge < -0.3 is 9.84 Å². The molecule has 0 amide bonds. The van der Waals surface area contributed by atoms with Gasteiger partial charge in [0.15, 0.2) is 0 Å². The van der Waals surface area contributed by atoms with Gasteiger partial charge in [0.2, 0.25) is 0 Å². The van der Waals surface area contributed by atoms with Crippen LogP contribution in [0.1, 0.15) is 18.7 Å². The van der Waals surface area contributed by atoms with E-state index in [9.17, 15) is 0 Å². The zero-order valence-electron chi connectivity index (χ0n) is 10.4. The fraction of sp³-hybridized carbons (Fsp3) is 0.667. The van der Waals surface area contributed by atoms with Crippen molar-refractivity contribution in [2.75, 3.05) is 26.4 Å². The molecule has 0 saturated carbocycles. The maximum Gasteiger partial charge on any atom is 0.0931 e. The van der Waals surface area contributed by atoms with E-state index in [1.54, 1.807) is 11.3 Å². The molecule has 1 aromatic heterocycles. The Bertz CT molecular complexity index is 317. The number of rotatable bonds is 8. The number of aliphatic hydroxyl groups is 1. The van der Waals surface area contributed by atoms with Gasteiger partial charge in [-0.1, -0.05) is 11.6 Å². The van der Waals surface area contributed by atoms with Gasteiger partial charge in [0.1, 0.15) is 0 Å². The van der Waals surface area contributed by atoms with Crippen molar-refractivity contribution in [1.82, 2.24) is 4.90 Å². The van der Waals surface area contributed by atoms with Crippen LogP contribution in [0.15, 0.2) is 12.1 Å². The molecule has 5 heteroatoms. The lowest BCUT2D eigenvalue weighted by molar-refractivity contribution is 0.0649. The molecule has 17 heavy (non-hydrogen) atoms. The normalized spacial score (nSPS) is 11.6. The highest BCUT2D eigenvalue weighted by Gasteiger charge is 2.11. The molecule has 0 radical (unpaired) electrons. The zero-order valence-corrected chi connectivity index (χ0v) is 11.9. The van der Waals surface area contributed by atoms with Crippen molar-refractivity contribution in [2.45, 2.75) is 26.4 Å². The van der Waals surface area contributed by atoms with E-state index < -0.39 is 0 Å². The SMILES string of the molecule is CC(C)N(CCOCCO)Cc1ccc(Cl)s1. The molecule has 0 aliphatic rings. The molecular formula is C12H20ClNO2S. The van der Waals surface area contributed by atoms with Crippen molar-refractivity contribution in [3.8, 4) is 0 Å². The third-order valence-corrected chi connectivity index (χ3v) is 3.69. The molecule has 0 aliphatic carbocycles. The monoisotopic (exact) mass is 277 g/mol. The van der Waals surface area contributed by atoms with E-state index in [2.05, 4.69) is 24.8 Å². The molecule has 0 atom stereocenters. The minimum Gasteiger partial charge on any atom is -0.394 e. The minimum absolute atomic E-state index is 0.0855. The lowest BCUT2D eigenvalue weighted by Crippen LogP contribution is -2.33. The Morgan fingerprint density at radius 3 is 2.71 bits per heavy atom. The van der Waals surface area contributed by atoms with Crippen molar-refractivity contribution in [3.05, 3.63) is 21.3 Å². The highest BCUT2D eigenvalue weighted by Crippen LogP contribution is 2.23. The number of nitrogens with zero attached hydrogens (tertiary/aromatic N) is 1. The van der Waals surface area contributed by atoms with E-state index in [0.717, 1.165) is 17.4 Å². The van der Waals surface area contributed by atoms with E-state index in [1.807, 2.05) is 6.07 Å². The Morgan fingerprint density at radius 1 is 1.41 bits per heavy atom. The smallest absolute Gasteiger partial charge is 0.0931 e. The molecule has 0 saturated heterocycles. The topological polar surface area (TPSA) is 32.7 Å². The van der Waals surface area contributed by atoms with Gasteiger partial charge in [-0.15, -0.1) is 11.3 Å². The van der Waals surface area contributed by atoms with Crippen LogP contribution < -0.4 is 0 Å². The quantitative estimate of drug-likeness (QED) is 0.742. The number of halogens is 1. The summed E-state index contributed by atoms with van der Waals surface area (Å²) in [4.78, 5) is 3.60. The fourth-order valence-corrected chi connectivity index (χ4v) is 2.62. The maximum atomic E-state index is 8.63. The first-order valence-corrected chi connectivity index (χ1v) is 6.99. The molecule has 1 N–H and O–H groups in total. The predicted octanol–water partition coefficient (Wildman–Crippen LogP) is 2.62. The van der Waals surface area contributed by atoms with Gasteiger partial charge in [-0.05, 0) is 26.0 Å². The van der Waals surface area contributed by atoms with E-state index in [0.29, 0.717) is 19.3 Å². The first kappa shape index (κ1) is 14.9. The summed E-state index contributed by atoms with van der Waals surface area (Å²) in [6.07, 6.45) is 0. The molecule has 0 fully saturated rings. The Morgan fingerprint density at radius 2 is 2.18 bits per heavy atom. The largest absolute Gasteiger partial charge is 0.394 e. The summed E-state index contributed by atoms with van der Waals surface area (Å²) in [7, 11) is 0. The zero-order chi connectivity index (χ0) is 12.7. The van der Waals surface area contributed by atoms with Crippen LogP contribution >= 0.6 is 22.9 Å². The molecule has 0 unspecified atom stereocenters. The molecule has 1 heterocycles. The molecule has 0 aliphatic heterocycles. The van der Waals surface area contributed by atoms with Gasteiger partial charge in [-0.25, -0.2) is 0 Å². The second kappa shape index (κ2) is 8.06. The van der Waals surface area contributed by atoms with Crippen molar-refractivity contribution < 1.29 is 9.84 Å². The van der Waals surface area contributed by atoms with Crippen molar-refractivity contribution >= 4 is 22.9 Å². The number of hydrogen-bond acceptors (Lipinski definition) is 4. The first-order chi connectivity index (χ1) is 8.13. The van der Waals surface area contributed by atoms with Gasteiger partial charge in [-0.2, -0.15) is 0 Å². The summed E-state index contributed by atoms with van der Waals surface area (Å²) in [6.45, 7) is 7.25. The summed E-state index contributed by atoms with van der Waals surface area (Å²) in [6, 6.07) is 4.47. The average Bonchev–Trinajstić information content (AvgIpc) is 2.68. The summed E-state index contributed by atoms with van der Waals surface area (Å²) in [5, 5.41) is 8.63. The summed E-state index contributed by atoms with van der Waals surface area (Å²) in [5.74, 6) is 0. The highest BCUT2D eigenvalue weighted by atomic mass is 35.5. The summed E-state index contributed by atoms with van der Waals surface area (Å²) < 4.78 is 6.13. The van der Waals surface area contributed by atoms with Gasteiger partial charge in [-0.3, -0.25) is 4.90 Å². The number of ether oxygens (including phenoxy) is 1. The molecule has 0 bridgehead atoms. The Kier molecular flexibility index (Phi) is 7.08. The average molecular weight is 278 g/mol. The van der Waals surface area contributed by atoms with Crippen molar-refractivity contribution in [2.24, 2.45) is 0 Å². The van der Waals surface area contributed by atoms with Crippen LogP contribution in [0.4, 0.5) is 0 Å².